The van der Waals surface area contributed by atoms with Crippen LogP contribution in [0.3, 0.4) is 0 Å². The van der Waals surface area contributed by atoms with Crippen LogP contribution in [0.1, 0.15) is 11.3 Å². The first-order valence-electron chi connectivity index (χ1n) is 3.77. The fourth-order valence-corrected chi connectivity index (χ4v) is 1.05. The summed E-state index contributed by atoms with van der Waals surface area (Å²) in [4.78, 5) is 9.27. The van der Waals surface area contributed by atoms with Crippen molar-refractivity contribution in [2.45, 2.75) is 13.8 Å². The highest BCUT2D eigenvalue weighted by molar-refractivity contribution is 5.60. The van der Waals surface area contributed by atoms with E-state index in [1.807, 2.05) is 0 Å². The minimum absolute atomic E-state index is 0.375. The molecule has 0 amide bonds. The van der Waals surface area contributed by atoms with Gasteiger partial charge in [-0.1, -0.05) is 10.2 Å². The standard InChI is InChI=1S/C7H7N7/c1-4-6(11-13-8)3-10-5(2)7(4)12-14-9/h3H,1-2H3. The molecule has 70 valence electrons. The van der Waals surface area contributed by atoms with Gasteiger partial charge >= 0.3 is 0 Å². The Morgan fingerprint density at radius 3 is 2.43 bits per heavy atom. The summed E-state index contributed by atoms with van der Waals surface area (Å²) in [6, 6.07) is 0. The van der Waals surface area contributed by atoms with E-state index in [-0.39, 0.29) is 0 Å². The Labute approximate surface area is 79.6 Å². The molecule has 0 aromatic carbocycles. The first-order valence-corrected chi connectivity index (χ1v) is 3.77. The van der Waals surface area contributed by atoms with Crippen LogP contribution in [-0.4, -0.2) is 4.98 Å². The lowest BCUT2D eigenvalue weighted by atomic mass is 10.2. The van der Waals surface area contributed by atoms with Gasteiger partial charge in [0.05, 0.1) is 11.4 Å². The lowest BCUT2D eigenvalue weighted by molar-refractivity contribution is 1.14. The summed E-state index contributed by atoms with van der Waals surface area (Å²) in [5, 5.41) is 6.91. The molecule has 0 atom stereocenters. The lowest BCUT2D eigenvalue weighted by Gasteiger charge is -2.04. The third kappa shape index (κ3) is 1.74. The molecule has 0 unspecified atom stereocenters. The quantitative estimate of drug-likeness (QED) is 0.395. The van der Waals surface area contributed by atoms with Crippen molar-refractivity contribution in [2.75, 3.05) is 0 Å². The lowest BCUT2D eigenvalue weighted by Crippen LogP contribution is -1.84. The SMILES string of the molecule is Cc1ncc(N=[N+]=[N-])c(C)c1N=[N+]=[N-]. The first-order chi connectivity index (χ1) is 6.70. The molecule has 14 heavy (non-hydrogen) atoms. The molecule has 1 aromatic rings. The summed E-state index contributed by atoms with van der Waals surface area (Å²) < 4.78 is 0. The fraction of sp³-hybridized carbons (Fsp3) is 0.286. The minimum Gasteiger partial charge on any atom is -0.261 e. The number of hydrogen-bond acceptors (Lipinski definition) is 3. The second kappa shape index (κ2) is 4.13. The van der Waals surface area contributed by atoms with Gasteiger partial charge in [-0.15, -0.1) is 0 Å². The molecule has 0 fully saturated rings. The van der Waals surface area contributed by atoms with Crippen LogP contribution in [0.25, 0.3) is 20.9 Å². The Hall–Kier alpha value is -2.23. The first kappa shape index (κ1) is 9.85. The van der Waals surface area contributed by atoms with Crippen LogP contribution in [0.2, 0.25) is 0 Å². The molecule has 1 rings (SSSR count). The molecule has 7 heteroatoms. The molecule has 1 heterocycles. The van der Waals surface area contributed by atoms with Gasteiger partial charge in [0.1, 0.15) is 0 Å². The highest BCUT2D eigenvalue weighted by atomic mass is 15.2. The summed E-state index contributed by atoms with van der Waals surface area (Å²) in [6.45, 7) is 3.43. The van der Waals surface area contributed by atoms with Crippen LogP contribution < -0.4 is 0 Å². The van der Waals surface area contributed by atoms with Crippen molar-refractivity contribution < 1.29 is 0 Å². The third-order valence-corrected chi connectivity index (χ3v) is 1.76. The van der Waals surface area contributed by atoms with Gasteiger partial charge in [0, 0.05) is 21.7 Å². The third-order valence-electron chi connectivity index (χ3n) is 1.76. The predicted molar refractivity (Wildman–Crippen MR) is 51.3 cm³/mol. The number of hydrogen-bond donors (Lipinski definition) is 0. The van der Waals surface area contributed by atoms with Crippen LogP contribution in [-0.2, 0) is 0 Å². The molecular formula is C7H7N7. The van der Waals surface area contributed by atoms with Crippen LogP contribution in [0.15, 0.2) is 16.4 Å². The Kier molecular flexibility index (Phi) is 2.91. The van der Waals surface area contributed by atoms with E-state index in [9.17, 15) is 0 Å². The molecule has 0 saturated carbocycles. The van der Waals surface area contributed by atoms with Crippen LogP contribution >= 0.6 is 0 Å². The average Bonchev–Trinajstić information content (AvgIpc) is 2.17. The number of aryl methyl sites for hydroxylation is 1. The van der Waals surface area contributed by atoms with Crippen molar-refractivity contribution in [3.8, 4) is 0 Å². The predicted octanol–water partition coefficient (Wildman–Crippen LogP) is 3.58. The van der Waals surface area contributed by atoms with Gasteiger partial charge in [0.2, 0.25) is 0 Å². The summed E-state index contributed by atoms with van der Waals surface area (Å²) in [5.41, 5.74) is 18.6. The van der Waals surface area contributed by atoms with Crippen LogP contribution in [0.5, 0.6) is 0 Å². The van der Waals surface area contributed by atoms with Gasteiger partial charge in [0.25, 0.3) is 0 Å². The molecule has 7 nitrogen and oxygen atoms in total. The zero-order chi connectivity index (χ0) is 10.6. The number of azide groups is 2. The molecule has 0 radical (unpaired) electrons. The van der Waals surface area contributed by atoms with Gasteiger partial charge < -0.3 is 0 Å². The zero-order valence-corrected chi connectivity index (χ0v) is 7.71. The van der Waals surface area contributed by atoms with E-state index < -0.39 is 0 Å². The van der Waals surface area contributed by atoms with Crippen molar-refractivity contribution in [2.24, 2.45) is 10.2 Å². The summed E-state index contributed by atoms with van der Waals surface area (Å²) in [6.07, 6.45) is 1.45. The Balaban J connectivity index is 3.47. The minimum atomic E-state index is 0.375. The normalized spacial score (nSPS) is 8.71. The average molecular weight is 189 g/mol. The Morgan fingerprint density at radius 1 is 1.21 bits per heavy atom. The maximum atomic E-state index is 8.32. The monoisotopic (exact) mass is 189 g/mol. The molecule has 0 aliphatic carbocycles. The number of nitrogens with zero attached hydrogens (tertiary/aromatic N) is 7. The van der Waals surface area contributed by atoms with Crippen molar-refractivity contribution in [1.29, 1.82) is 0 Å². The summed E-state index contributed by atoms with van der Waals surface area (Å²) in [5.74, 6) is 0. The summed E-state index contributed by atoms with van der Waals surface area (Å²) >= 11 is 0. The van der Waals surface area contributed by atoms with Gasteiger partial charge in [-0.3, -0.25) is 4.98 Å². The molecule has 0 aliphatic heterocycles. The Morgan fingerprint density at radius 2 is 1.86 bits per heavy atom. The van der Waals surface area contributed by atoms with E-state index in [0.29, 0.717) is 22.6 Å². The largest absolute Gasteiger partial charge is 0.261 e. The van der Waals surface area contributed by atoms with Gasteiger partial charge in [0.15, 0.2) is 0 Å². The highest BCUT2D eigenvalue weighted by Gasteiger charge is 2.05. The molecule has 0 aliphatic rings. The summed E-state index contributed by atoms with van der Waals surface area (Å²) in [7, 11) is 0. The van der Waals surface area contributed by atoms with Gasteiger partial charge in [-0.25, -0.2) is 0 Å². The van der Waals surface area contributed by atoms with E-state index in [0.717, 1.165) is 0 Å². The molecular weight excluding hydrogens is 182 g/mol. The highest BCUT2D eigenvalue weighted by Crippen LogP contribution is 2.29. The van der Waals surface area contributed by atoms with Crippen molar-refractivity contribution in [3.05, 3.63) is 38.3 Å². The van der Waals surface area contributed by atoms with Crippen LogP contribution in [0.4, 0.5) is 11.4 Å². The molecule has 1 aromatic heterocycles. The molecule has 0 spiro atoms. The van der Waals surface area contributed by atoms with Gasteiger partial charge in [-0.2, -0.15) is 0 Å². The smallest absolute Gasteiger partial charge is 0.0621 e. The molecule has 0 bridgehead atoms. The second-order valence-corrected chi connectivity index (χ2v) is 2.58. The fourth-order valence-electron chi connectivity index (χ4n) is 1.05. The van der Waals surface area contributed by atoms with Crippen molar-refractivity contribution in [3.63, 3.8) is 0 Å². The number of pyridine rings is 1. The van der Waals surface area contributed by atoms with Gasteiger partial charge in [-0.05, 0) is 30.5 Å². The number of rotatable bonds is 2. The van der Waals surface area contributed by atoms with E-state index in [1.54, 1.807) is 13.8 Å². The van der Waals surface area contributed by atoms with E-state index >= 15 is 0 Å². The van der Waals surface area contributed by atoms with E-state index in [2.05, 4.69) is 25.0 Å². The maximum absolute atomic E-state index is 8.32. The van der Waals surface area contributed by atoms with E-state index in [4.69, 9.17) is 11.1 Å². The zero-order valence-electron chi connectivity index (χ0n) is 7.71. The van der Waals surface area contributed by atoms with Crippen molar-refractivity contribution in [1.82, 2.24) is 4.98 Å². The maximum Gasteiger partial charge on any atom is 0.0621 e. The Bertz CT molecular complexity index is 451. The number of aromatic nitrogens is 1. The molecule has 0 N–H and O–H groups in total. The molecule has 0 saturated heterocycles. The van der Waals surface area contributed by atoms with E-state index in [1.165, 1.54) is 6.20 Å². The van der Waals surface area contributed by atoms with Crippen LogP contribution in [0, 0.1) is 13.8 Å². The topological polar surface area (TPSA) is 110 Å². The van der Waals surface area contributed by atoms with Crippen molar-refractivity contribution >= 4 is 11.4 Å². The second-order valence-electron chi connectivity index (χ2n) is 2.58.